The van der Waals surface area contributed by atoms with Crippen LogP contribution in [0.2, 0.25) is 0 Å². The van der Waals surface area contributed by atoms with Crippen LogP contribution >= 0.6 is 15.9 Å². The van der Waals surface area contributed by atoms with E-state index in [-0.39, 0.29) is 0 Å². The topological polar surface area (TPSA) is 34.1 Å². The van der Waals surface area contributed by atoms with Crippen LogP contribution in [0.5, 0.6) is 0 Å². The smallest absolute Gasteiger partial charge is 0.168 e. The van der Waals surface area contributed by atoms with E-state index < -0.39 is 10.7 Å². The molecule has 0 atom stereocenters. The molecule has 2 nitrogen and oxygen atoms in total. The third-order valence-electron chi connectivity index (χ3n) is 2.02. The summed E-state index contributed by atoms with van der Waals surface area (Å²) in [6.45, 7) is 0. The predicted octanol–water partition coefficient (Wildman–Crippen LogP) is 2.57. The molecule has 0 bridgehead atoms. The normalized spacial score (nSPS) is 11.0. The molecule has 2 aromatic rings. The number of halogens is 1. The van der Waals surface area contributed by atoms with Gasteiger partial charge < -0.3 is 0 Å². The standard InChI is InChI=1S/C10H7BrO2S/c11-8-4-5-9-7(6-8)2-1-3-10(9)14(12)13/h1-6,14H. The fourth-order valence-corrected chi connectivity index (χ4v) is 2.38. The van der Waals surface area contributed by atoms with Gasteiger partial charge in [0.15, 0.2) is 10.7 Å². The number of thiol groups is 1. The highest BCUT2D eigenvalue weighted by atomic mass is 79.9. The Morgan fingerprint density at radius 1 is 1.07 bits per heavy atom. The molecular weight excluding hydrogens is 264 g/mol. The molecule has 2 aromatic carbocycles. The lowest BCUT2D eigenvalue weighted by Crippen LogP contribution is -1.83. The Kier molecular flexibility index (Phi) is 2.56. The molecule has 0 unspecified atom stereocenters. The Labute approximate surface area is 91.6 Å². The van der Waals surface area contributed by atoms with E-state index in [1.807, 2.05) is 18.2 Å². The summed E-state index contributed by atoms with van der Waals surface area (Å²) in [5.74, 6) is 0. The van der Waals surface area contributed by atoms with Gasteiger partial charge in [-0.25, -0.2) is 8.42 Å². The Morgan fingerprint density at radius 2 is 1.86 bits per heavy atom. The van der Waals surface area contributed by atoms with Crippen molar-refractivity contribution in [3.8, 4) is 0 Å². The van der Waals surface area contributed by atoms with Crippen molar-refractivity contribution in [1.82, 2.24) is 0 Å². The Hall–Kier alpha value is -0.870. The van der Waals surface area contributed by atoms with Gasteiger partial charge in [0.25, 0.3) is 0 Å². The van der Waals surface area contributed by atoms with Crippen molar-refractivity contribution >= 4 is 37.4 Å². The van der Waals surface area contributed by atoms with Gasteiger partial charge in [-0.3, -0.25) is 0 Å². The van der Waals surface area contributed by atoms with Gasteiger partial charge in [-0.05, 0) is 23.6 Å². The molecule has 0 aliphatic carbocycles. The second-order valence-corrected chi connectivity index (χ2v) is 4.81. The molecule has 0 saturated carbocycles. The fraction of sp³-hybridized carbons (Fsp3) is 0. The molecule has 0 amide bonds. The highest BCUT2D eigenvalue weighted by molar-refractivity contribution is 9.10. The molecule has 4 heteroatoms. The number of rotatable bonds is 1. The number of benzene rings is 2. The van der Waals surface area contributed by atoms with E-state index in [0.717, 1.165) is 15.2 Å². The first-order valence-corrected chi connectivity index (χ1v) is 5.98. The minimum Gasteiger partial charge on any atom is -0.227 e. The first kappa shape index (κ1) is 9.68. The molecule has 0 N–H and O–H groups in total. The van der Waals surface area contributed by atoms with Crippen LogP contribution in [-0.2, 0) is 10.7 Å². The largest absolute Gasteiger partial charge is 0.227 e. The quantitative estimate of drug-likeness (QED) is 0.809. The number of fused-ring (bicyclic) bond motifs is 1. The van der Waals surface area contributed by atoms with Crippen molar-refractivity contribution < 1.29 is 8.42 Å². The lowest BCUT2D eigenvalue weighted by atomic mass is 10.1. The van der Waals surface area contributed by atoms with Crippen LogP contribution in [0.3, 0.4) is 0 Å². The van der Waals surface area contributed by atoms with Crippen LogP contribution in [0.15, 0.2) is 45.8 Å². The van der Waals surface area contributed by atoms with E-state index in [0.29, 0.717) is 4.90 Å². The zero-order valence-electron chi connectivity index (χ0n) is 7.11. The molecule has 72 valence electrons. The monoisotopic (exact) mass is 270 g/mol. The van der Waals surface area contributed by atoms with Crippen molar-refractivity contribution in [2.75, 3.05) is 0 Å². The van der Waals surface area contributed by atoms with Gasteiger partial charge in [0.1, 0.15) is 0 Å². The van der Waals surface area contributed by atoms with Gasteiger partial charge in [-0.1, -0.05) is 34.1 Å². The summed E-state index contributed by atoms with van der Waals surface area (Å²) in [7, 11) is -2.52. The van der Waals surface area contributed by atoms with Crippen molar-refractivity contribution in [2.45, 2.75) is 4.90 Å². The molecule has 0 aliphatic rings. The molecular formula is C10H7BrO2S. The van der Waals surface area contributed by atoms with Crippen LogP contribution in [0.25, 0.3) is 10.8 Å². The summed E-state index contributed by atoms with van der Waals surface area (Å²) < 4.78 is 22.8. The molecule has 0 fully saturated rings. The third kappa shape index (κ3) is 1.67. The number of hydrogen-bond donors (Lipinski definition) is 1. The van der Waals surface area contributed by atoms with E-state index in [2.05, 4.69) is 15.9 Å². The van der Waals surface area contributed by atoms with Crippen molar-refractivity contribution in [1.29, 1.82) is 0 Å². The van der Waals surface area contributed by atoms with Gasteiger partial charge in [0.05, 0.1) is 4.90 Å². The maximum atomic E-state index is 10.9. The second-order valence-electron chi connectivity index (χ2n) is 2.90. The average Bonchev–Trinajstić information content (AvgIpc) is 2.16. The third-order valence-corrected chi connectivity index (χ3v) is 3.29. The van der Waals surface area contributed by atoms with E-state index in [4.69, 9.17) is 0 Å². The molecule has 0 heterocycles. The Bertz CT molecular complexity index is 553. The van der Waals surface area contributed by atoms with Gasteiger partial charge >= 0.3 is 0 Å². The van der Waals surface area contributed by atoms with Crippen LogP contribution in [0.1, 0.15) is 0 Å². The van der Waals surface area contributed by atoms with Crippen LogP contribution in [0.4, 0.5) is 0 Å². The summed E-state index contributed by atoms with van der Waals surface area (Å²) >= 11 is 3.34. The van der Waals surface area contributed by atoms with Gasteiger partial charge in [0, 0.05) is 9.86 Å². The average molecular weight is 271 g/mol. The molecule has 0 radical (unpaired) electrons. The molecule has 0 aromatic heterocycles. The number of hydrogen-bond acceptors (Lipinski definition) is 2. The maximum Gasteiger partial charge on any atom is 0.168 e. The molecule has 14 heavy (non-hydrogen) atoms. The first-order chi connectivity index (χ1) is 6.68. The van der Waals surface area contributed by atoms with Gasteiger partial charge in [-0.2, -0.15) is 0 Å². The minimum atomic E-state index is -2.52. The SMILES string of the molecule is O=[SH](=O)c1cccc2cc(Br)ccc12. The van der Waals surface area contributed by atoms with Crippen molar-refractivity contribution in [3.63, 3.8) is 0 Å². The first-order valence-electron chi connectivity index (χ1n) is 4.01. The summed E-state index contributed by atoms with van der Waals surface area (Å²) in [5.41, 5.74) is 0. The van der Waals surface area contributed by atoms with E-state index >= 15 is 0 Å². The zero-order chi connectivity index (χ0) is 10.1. The van der Waals surface area contributed by atoms with E-state index in [1.165, 1.54) is 0 Å². The highest BCUT2D eigenvalue weighted by Crippen LogP contribution is 2.23. The maximum absolute atomic E-state index is 10.9. The van der Waals surface area contributed by atoms with Crippen LogP contribution in [0, 0.1) is 0 Å². The Balaban J connectivity index is 2.88. The highest BCUT2D eigenvalue weighted by Gasteiger charge is 2.02. The van der Waals surface area contributed by atoms with E-state index in [9.17, 15) is 8.42 Å². The van der Waals surface area contributed by atoms with E-state index in [1.54, 1.807) is 18.2 Å². The van der Waals surface area contributed by atoms with Gasteiger partial charge in [-0.15, -0.1) is 0 Å². The molecule has 0 aliphatic heterocycles. The molecule has 0 saturated heterocycles. The van der Waals surface area contributed by atoms with Gasteiger partial charge in [0.2, 0.25) is 0 Å². The van der Waals surface area contributed by atoms with Crippen LogP contribution < -0.4 is 0 Å². The van der Waals surface area contributed by atoms with Crippen molar-refractivity contribution in [2.24, 2.45) is 0 Å². The summed E-state index contributed by atoms with van der Waals surface area (Å²) in [6, 6.07) is 10.8. The predicted molar refractivity (Wildman–Crippen MR) is 60.2 cm³/mol. The lowest BCUT2D eigenvalue weighted by Gasteiger charge is -2.00. The van der Waals surface area contributed by atoms with Crippen molar-refractivity contribution in [3.05, 3.63) is 40.9 Å². The minimum absolute atomic E-state index is 0.380. The summed E-state index contributed by atoms with van der Waals surface area (Å²) in [4.78, 5) is 0.380. The fourth-order valence-electron chi connectivity index (χ4n) is 1.40. The summed E-state index contributed by atoms with van der Waals surface area (Å²) in [5, 5.41) is 1.70. The summed E-state index contributed by atoms with van der Waals surface area (Å²) in [6.07, 6.45) is 0. The zero-order valence-corrected chi connectivity index (χ0v) is 9.59. The Morgan fingerprint density at radius 3 is 2.57 bits per heavy atom. The van der Waals surface area contributed by atoms with Crippen LogP contribution in [-0.4, -0.2) is 8.42 Å². The lowest BCUT2D eigenvalue weighted by molar-refractivity contribution is 0.615. The second kappa shape index (κ2) is 3.71. The molecule has 0 spiro atoms. The molecule has 2 rings (SSSR count).